The lowest BCUT2D eigenvalue weighted by atomic mass is 9.73. The molecule has 0 fully saturated rings. The van der Waals surface area contributed by atoms with E-state index in [1.807, 2.05) is 103 Å². The summed E-state index contributed by atoms with van der Waals surface area (Å²) in [6, 6.07) is 36.3. The van der Waals surface area contributed by atoms with Crippen LogP contribution in [-0.4, -0.2) is 22.8 Å². The molecule has 4 aromatic rings. The number of rotatable bonds is 4. The first-order valence-corrected chi connectivity index (χ1v) is 11.6. The van der Waals surface area contributed by atoms with Gasteiger partial charge >= 0.3 is 0 Å². The molecule has 1 aliphatic heterocycles. The molecule has 0 amide bonds. The van der Waals surface area contributed by atoms with Crippen molar-refractivity contribution in [2.24, 2.45) is 5.10 Å². The Bertz CT molecular complexity index is 1440. The number of para-hydroxylation sites is 1. The van der Waals surface area contributed by atoms with Gasteiger partial charge in [0.25, 0.3) is 0 Å². The number of nitrogens with zero attached hydrogens (tertiary/aromatic N) is 2. The summed E-state index contributed by atoms with van der Waals surface area (Å²) in [5.41, 5.74) is 2.62. The lowest BCUT2D eigenvalue weighted by Gasteiger charge is -2.36. The number of benzene rings is 4. The first-order valence-electron chi connectivity index (χ1n) is 11.6. The molecular weight excluding hydrogens is 432 g/mol. The van der Waals surface area contributed by atoms with Crippen LogP contribution in [0.1, 0.15) is 37.8 Å². The van der Waals surface area contributed by atoms with Crippen molar-refractivity contribution in [2.45, 2.75) is 11.5 Å². The molecule has 4 aromatic carbocycles. The van der Waals surface area contributed by atoms with Crippen LogP contribution in [0, 0.1) is 0 Å². The molecule has 0 radical (unpaired) electrons. The van der Waals surface area contributed by atoms with Crippen LogP contribution in [0.5, 0.6) is 0 Å². The molecule has 2 aliphatic rings. The molecule has 0 N–H and O–H groups in total. The topological polar surface area (TPSA) is 49.7 Å². The molecule has 0 unspecified atom stereocenters. The number of hydrazone groups is 1. The second-order valence-electron chi connectivity index (χ2n) is 8.73. The minimum absolute atomic E-state index is 0.220. The van der Waals surface area contributed by atoms with E-state index in [1.165, 1.54) is 0 Å². The van der Waals surface area contributed by atoms with E-state index in [9.17, 15) is 9.59 Å². The standard InChI is InChI=1S/C31H22N2O2/c34-29-25-18-10-11-19-26(25)30(35)31(29)28(23-14-6-2-7-15-23)27(21-20-22-12-4-1-5-13-22)32-33(31)24-16-8-3-9-17-24/h1-21,28H/b21-20+/t28-/m0/s1. The van der Waals surface area contributed by atoms with Gasteiger partial charge < -0.3 is 0 Å². The number of anilines is 1. The summed E-state index contributed by atoms with van der Waals surface area (Å²) in [6.45, 7) is 0. The number of Topliss-reactive ketones (excluding diaryl/α,β-unsaturated/α-hetero) is 2. The van der Waals surface area contributed by atoms with Crippen LogP contribution in [-0.2, 0) is 0 Å². The molecule has 1 heterocycles. The van der Waals surface area contributed by atoms with Crippen LogP contribution in [0.2, 0.25) is 0 Å². The van der Waals surface area contributed by atoms with Crippen LogP contribution in [0.15, 0.2) is 126 Å². The highest BCUT2D eigenvalue weighted by Crippen LogP contribution is 2.50. The van der Waals surface area contributed by atoms with Crippen molar-refractivity contribution in [3.8, 4) is 0 Å². The normalized spacial score (nSPS) is 18.3. The average molecular weight is 455 g/mol. The Morgan fingerprint density at radius 3 is 1.74 bits per heavy atom. The maximum Gasteiger partial charge on any atom is 0.201 e. The van der Waals surface area contributed by atoms with Crippen molar-refractivity contribution in [1.82, 2.24) is 0 Å². The summed E-state index contributed by atoms with van der Waals surface area (Å²) >= 11 is 0. The molecule has 4 nitrogen and oxygen atoms in total. The minimum atomic E-state index is -1.53. The summed E-state index contributed by atoms with van der Waals surface area (Å²) < 4.78 is 0. The molecule has 6 rings (SSSR count). The van der Waals surface area contributed by atoms with Gasteiger partial charge in [-0.1, -0.05) is 109 Å². The fraction of sp³-hybridized carbons (Fsp3) is 0.0645. The van der Waals surface area contributed by atoms with Gasteiger partial charge in [-0.3, -0.25) is 9.59 Å². The fourth-order valence-electron chi connectivity index (χ4n) is 5.20. The van der Waals surface area contributed by atoms with E-state index in [-0.39, 0.29) is 11.6 Å². The van der Waals surface area contributed by atoms with Gasteiger partial charge in [0.15, 0.2) is 11.6 Å². The molecule has 4 heteroatoms. The SMILES string of the molecule is O=C1c2ccccc2C(=O)C12[C@@H](c1ccccc1)C(/C=C/c1ccccc1)=NN2c1ccccc1. The summed E-state index contributed by atoms with van der Waals surface area (Å²) in [5.74, 6) is -1.01. The number of ketones is 2. The van der Waals surface area contributed by atoms with Gasteiger partial charge in [0.05, 0.1) is 17.3 Å². The highest BCUT2D eigenvalue weighted by molar-refractivity contribution is 6.38. The third-order valence-corrected chi connectivity index (χ3v) is 6.75. The fourth-order valence-corrected chi connectivity index (χ4v) is 5.20. The predicted octanol–water partition coefficient (Wildman–Crippen LogP) is 6.18. The van der Waals surface area contributed by atoms with Crippen LogP contribution < -0.4 is 5.01 Å². The van der Waals surface area contributed by atoms with Gasteiger partial charge in [0.1, 0.15) is 0 Å². The number of hydrogen-bond donors (Lipinski definition) is 0. The van der Waals surface area contributed by atoms with E-state index in [1.54, 1.807) is 29.3 Å². The molecule has 1 spiro atoms. The van der Waals surface area contributed by atoms with E-state index >= 15 is 0 Å². The Kier molecular flexibility index (Phi) is 5.00. The van der Waals surface area contributed by atoms with Crippen LogP contribution in [0.4, 0.5) is 5.69 Å². The zero-order valence-corrected chi connectivity index (χ0v) is 18.9. The summed E-state index contributed by atoms with van der Waals surface area (Å²) in [5, 5.41) is 6.62. The molecular formula is C31H22N2O2. The van der Waals surface area contributed by atoms with E-state index in [0.717, 1.165) is 11.1 Å². The number of allylic oxidation sites excluding steroid dienone is 1. The molecule has 0 saturated carbocycles. The Labute approximate surface area is 203 Å². The van der Waals surface area contributed by atoms with Crippen LogP contribution >= 0.6 is 0 Å². The number of carbonyl (C=O) groups excluding carboxylic acids is 2. The molecule has 0 aromatic heterocycles. The first kappa shape index (κ1) is 21.0. The number of carbonyl (C=O) groups is 2. The average Bonchev–Trinajstić information content (AvgIpc) is 3.38. The van der Waals surface area contributed by atoms with Gasteiger partial charge in [-0.2, -0.15) is 5.10 Å². The van der Waals surface area contributed by atoms with Crippen molar-refractivity contribution in [3.05, 3.63) is 144 Å². The van der Waals surface area contributed by atoms with E-state index in [4.69, 9.17) is 5.10 Å². The highest BCUT2D eigenvalue weighted by Gasteiger charge is 2.66. The summed E-state index contributed by atoms with van der Waals surface area (Å²) in [6.07, 6.45) is 3.91. The van der Waals surface area contributed by atoms with E-state index in [2.05, 4.69) is 0 Å². The zero-order valence-electron chi connectivity index (χ0n) is 18.9. The van der Waals surface area contributed by atoms with Crippen molar-refractivity contribution >= 4 is 29.0 Å². The Morgan fingerprint density at radius 2 is 1.14 bits per heavy atom. The van der Waals surface area contributed by atoms with Crippen molar-refractivity contribution in [2.75, 3.05) is 5.01 Å². The quantitative estimate of drug-likeness (QED) is 0.346. The Morgan fingerprint density at radius 1 is 0.629 bits per heavy atom. The molecule has 35 heavy (non-hydrogen) atoms. The highest BCUT2D eigenvalue weighted by atomic mass is 16.2. The molecule has 0 saturated heterocycles. The van der Waals surface area contributed by atoms with Gasteiger partial charge in [-0.15, -0.1) is 0 Å². The monoisotopic (exact) mass is 454 g/mol. The summed E-state index contributed by atoms with van der Waals surface area (Å²) in [4.78, 5) is 28.5. The summed E-state index contributed by atoms with van der Waals surface area (Å²) in [7, 11) is 0. The minimum Gasteiger partial charge on any atom is -0.291 e. The van der Waals surface area contributed by atoms with Crippen LogP contribution in [0.3, 0.4) is 0 Å². The van der Waals surface area contributed by atoms with Gasteiger partial charge in [0, 0.05) is 11.1 Å². The lowest BCUT2D eigenvalue weighted by molar-refractivity contribution is 0.0791. The van der Waals surface area contributed by atoms with Crippen molar-refractivity contribution in [3.63, 3.8) is 0 Å². The van der Waals surface area contributed by atoms with Gasteiger partial charge in [-0.25, -0.2) is 5.01 Å². The zero-order chi connectivity index (χ0) is 23.8. The lowest BCUT2D eigenvalue weighted by Crippen LogP contribution is -2.56. The second kappa shape index (κ2) is 8.33. The maximum atomic E-state index is 14.3. The third-order valence-electron chi connectivity index (χ3n) is 6.75. The molecule has 1 aliphatic carbocycles. The van der Waals surface area contributed by atoms with Crippen molar-refractivity contribution in [1.29, 1.82) is 0 Å². The number of fused-ring (bicyclic) bond motifs is 1. The Hall–Kier alpha value is -4.57. The maximum absolute atomic E-state index is 14.3. The third kappa shape index (κ3) is 3.18. The van der Waals surface area contributed by atoms with Gasteiger partial charge in [0.2, 0.25) is 5.54 Å². The number of hydrogen-bond acceptors (Lipinski definition) is 4. The van der Waals surface area contributed by atoms with Gasteiger partial charge in [-0.05, 0) is 29.3 Å². The largest absolute Gasteiger partial charge is 0.291 e. The van der Waals surface area contributed by atoms with Crippen molar-refractivity contribution < 1.29 is 9.59 Å². The van der Waals surface area contributed by atoms with E-state index in [0.29, 0.717) is 22.5 Å². The predicted molar refractivity (Wildman–Crippen MR) is 139 cm³/mol. The smallest absolute Gasteiger partial charge is 0.201 e. The van der Waals surface area contributed by atoms with Crippen LogP contribution in [0.25, 0.3) is 6.08 Å². The second-order valence-corrected chi connectivity index (χ2v) is 8.73. The first-order chi connectivity index (χ1) is 17.2. The molecule has 1 atom stereocenters. The molecule has 168 valence electrons. The molecule has 0 bridgehead atoms. The van der Waals surface area contributed by atoms with E-state index < -0.39 is 11.5 Å². The Balaban J connectivity index is 1.60.